The average Bonchev–Trinajstić information content (AvgIpc) is 2.46. The average molecular weight is 193 g/mol. The maximum Gasteiger partial charge on any atom is 0.233 e. The molecule has 0 aromatic heterocycles. The van der Waals surface area contributed by atoms with E-state index < -0.39 is 5.92 Å². The highest BCUT2D eigenvalue weighted by atomic mass is 16.2. The number of carbonyl (C=O) groups excluding carboxylic acids is 2. The van der Waals surface area contributed by atoms with Crippen LogP contribution in [0.2, 0.25) is 0 Å². The zero-order chi connectivity index (χ0) is 10.7. The highest BCUT2D eigenvalue weighted by Gasteiger charge is 2.38. The van der Waals surface area contributed by atoms with E-state index in [2.05, 4.69) is 5.92 Å². The van der Waals surface area contributed by atoms with E-state index in [9.17, 15) is 9.59 Å². The fourth-order valence-corrected chi connectivity index (χ4v) is 1.84. The Morgan fingerprint density at radius 2 is 2.36 bits per heavy atom. The molecule has 0 aromatic rings. The van der Waals surface area contributed by atoms with Gasteiger partial charge in [0.1, 0.15) is 5.78 Å². The lowest BCUT2D eigenvalue weighted by molar-refractivity contribution is -0.139. The van der Waals surface area contributed by atoms with Crippen LogP contribution < -0.4 is 0 Å². The first-order chi connectivity index (χ1) is 6.57. The maximum atomic E-state index is 11.8. The Balaban J connectivity index is 2.69. The summed E-state index contributed by atoms with van der Waals surface area (Å²) in [6, 6.07) is 0. The molecule has 0 heterocycles. The number of amides is 1. The third kappa shape index (κ3) is 1.95. The predicted molar refractivity (Wildman–Crippen MR) is 53.4 cm³/mol. The van der Waals surface area contributed by atoms with Crippen molar-refractivity contribution in [1.29, 1.82) is 0 Å². The molecule has 1 aliphatic carbocycles. The molecule has 2 atom stereocenters. The van der Waals surface area contributed by atoms with Crippen molar-refractivity contribution < 1.29 is 9.59 Å². The van der Waals surface area contributed by atoms with Crippen LogP contribution in [0.25, 0.3) is 0 Å². The molecule has 1 rings (SSSR count). The number of hydrogen-bond donors (Lipinski definition) is 0. The van der Waals surface area contributed by atoms with E-state index in [0.29, 0.717) is 6.42 Å². The summed E-state index contributed by atoms with van der Waals surface area (Å²) < 4.78 is 0. The van der Waals surface area contributed by atoms with E-state index in [1.54, 1.807) is 7.05 Å². The van der Waals surface area contributed by atoms with Crippen molar-refractivity contribution in [3.05, 3.63) is 0 Å². The molecule has 0 spiro atoms. The van der Waals surface area contributed by atoms with Crippen molar-refractivity contribution in [2.24, 2.45) is 11.8 Å². The minimum absolute atomic E-state index is 0.0615. The monoisotopic (exact) mass is 193 g/mol. The van der Waals surface area contributed by atoms with Gasteiger partial charge in [-0.25, -0.2) is 0 Å². The Morgan fingerprint density at radius 3 is 2.79 bits per heavy atom. The summed E-state index contributed by atoms with van der Waals surface area (Å²) in [5, 5.41) is 0. The van der Waals surface area contributed by atoms with Crippen LogP contribution in [0.15, 0.2) is 0 Å². The number of rotatable bonds is 2. The van der Waals surface area contributed by atoms with Crippen LogP contribution >= 0.6 is 0 Å². The summed E-state index contributed by atoms with van der Waals surface area (Å²) in [7, 11) is 1.64. The van der Waals surface area contributed by atoms with Crippen molar-refractivity contribution in [2.45, 2.75) is 19.8 Å². The third-order valence-corrected chi connectivity index (χ3v) is 2.73. The first-order valence-electron chi connectivity index (χ1n) is 4.79. The second kappa shape index (κ2) is 4.28. The molecule has 0 aromatic carbocycles. The van der Waals surface area contributed by atoms with Crippen molar-refractivity contribution in [3.8, 4) is 12.3 Å². The highest BCUT2D eigenvalue weighted by Crippen LogP contribution is 2.29. The summed E-state index contributed by atoms with van der Waals surface area (Å²) in [5.41, 5.74) is 0. The lowest BCUT2D eigenvalue weighted by atomic mass is 9.96. The van der Waals surface area contributed by atoms with Gasteiger partial charge in [0, 0.05) is 13.5 Å². The lowest BCUT2D eigenvalue weighted by Crippen LogP contribution is -2.37. The van der Waals surface area contributed by atoms with E-state index >= 15 is 0 Å². The largest absolute Gasteiger partial charge is 0.334 e. The summed E-state index contributed by atoms with van der Waals surface area (Å²) in [4.78, 5) is 24.7. The molecule has 0 aliphatic heterocycles. The van der Waals surface area contributed by atoms with Gasteiger partial charge in [-0.2, -0.15) is 0 Å². The quantitative estimate of drug-likeness (QED) is 0.478. The molecule has 3 heteroatoms. The zero-order valence-corrected chi connectivity index (χ0v) is 8.62. The van der Waals surface area contributed by atoms with E-state index in [4.69, 9.17) is 6.42 Å². The van der Waals surface area contributed by atoms with Crippen LogP contribution in [0.3, 0.4) is 0 Å². The second-order valence-electron chi connectivity index (χ2n) is 3.86. The molecule has 14 heavy (non-hydrogen) atoms. The molecule has 3 nitrogen and oxygen atoms in total. The number of ketones is 1. The molecule has 0 radical (unpaired) electrons. The van der Waals surface area contributed by atoms with Gasteiger partial charge in [0.25, 0.3) is 0 Å². The summed E-state index contributed by atoms with van der Waals surface area (Å²) in [6.07, 6.45) is 6.45. The Hall–Kier alpha value is -1.30. The Bertz CT molecular complexity index is 290. The first kappa shape index (κ1) is 10.8. The van der Waals surface area contributed by atoms with E-state index in [1.807, 2.05) is 6.92 Å². The van der Waals surface area contributed by atoms with Crippen LogP contribution in [0.4, 0.5) is 0 Å². The number of terminal acetylenes is 1. The molecular weight excluding hydrogens is 178 g/mol. The van der Waals surface area contributed by atoms with Gasteiger partial charge in [0.2, 0.25) is 5.91 Å². The van der Waals surface area contributed by atoms with Crippen LogP contribution in [0.5, 0.6) is 0 Å². The van der Waals surface area contributed by atoms with E-state index in [1.165, 1.54) is 4.90 Å². The van der Waals surface area contributed by atoms with Gasteiger partial charge in [-0.15, -0.1) is 6.42 Å². The molecule has 0 N–H and O–H groups in total. The minimum atomic E-state index is -0.451. The molecule has 0 unspecified atom stereocenters. The number of Topliss-reactive ketones (excluding diaryl/α,β-unsaturated/α-hetero) is 1. The van der Waals surface area contributed by atoms with Gasteiger partial charge < -0.3 is 4.90 Å². The minimum Gasteiger partial charge on any atom is -0.334 e. The van der Waals surface area contributed by atoms with Gasteiger partial charge in [0.05, 0.1) is 12.5 Å². The SMILES string of the molecule is C#CCN(C)C(=O)[C@H]1C(=O)CC[C@@H]1C. The normalized spacial score (nSPS) is 25.9. The summed E-state index contributed by atoms with van der Waals surface area (Å²) in [5.74, 6) is 2.04. The highest BCUT2D eigenvalue weighted by molar-refractivity contribution is 6.03. The number of hydrogen-bond acceptors (Lipinski definition) is 2. The zero-order valence-electron chi connectivity index (χ0n) is 8.62. The van der Waals surface area contributed by atoms with E-state index in [-0.39, 0.29) is 24.2 Å². The van der Waals surface area contributed by atoms with Crippen LogP contribution in [0.1, 0.15) is 19.8 Å². The molecule has 1 amide bonds. The smallest absolute Gasteiger partial charge is 0.233 e. The van der Waals surface area contributed by atoms with Gasteiger partial charge >= 0.3 is 0 Å². The summed E-state index contributed by atoms with van der Waals surface area (Å²) >= 11 is 0. The third-order valence-electron chi connectivity index (χ3n) is 2.73. The van der Waals surface area contributed by atoms with E-state index in [0.717, 1.165) is 6.42 Å². The maximum absolute atomic E-state index is 11.8. The number of carbonyl (C=O) groups is 2. The Kier molecular flexibility index (Phi) is 3.29. The van der Waals surface area contributed by atoms with Gasteiger partial charge in [-0.3, -0.25) is 9.59 Å². The predicted octanol–water partition coefficient (Wildman–Crippen LogP) is 0.693. The molecular formula is C11H15NO2. The number of nitrogens with zero attached hydrogens (tertiary/aromatic N) is 1. The van der Waals surface area contributed by atoms with Gasteiger partial charge in [-0.1, -0.05) is 12.8 Å². The van der Waals surface area contributed by atoms with Gasteiger partial charge in [0.15, 0.2) is 0 Å². The summed E-state index contributed by atoms with van der Waals surface area (Å²) in [6.45, 7) is 2.21. The molecule has 1 fully saturated rings. The van der Waals surface area contributed by atoms with Gasteiger partial charge in [-0.05, 0) is 12.3 Å². The first-order valence-corrected chi connectivity index (χ1v) is 4.79. The standard InChI is InChI=1S/C11H15NO2/c1-4-7-12(3)11(14)10-8(2)5-6-9(10)13/h1,8,10H,5-7H2,2-3H3/t8-,10+/m0/s1. The van der Waals surface area contributed by atoms with Crippen molar-refractivity contribution in [3.63, 3.8) is 0 Å². The van der Waals surface area contributed by atoms with Crippen molar-refractivity contribution in [2.75, 3.05) is 13.6 Å². The molecule has 76 valence electrons. The fourth-order valence-electron chi connectivity index (χ4n) is 1.84. The molecule has 1 aliphatic rings. The van der Waals surface area contributed by atoms with Crippen molar-refractivity contribution in [1.82, 2.24) is 4.90 Å². The Morgan fingerprint density at radius 1 is 1.71 bits per heavy atom. The molecule has 0 saturated heterocycles. The fraction of sp³-hybridized carbons (Fsp3) is 0.636. The lowest BCUT2D eigenvalue weighted by Gasteiger charge is -2.20. The van der Waals surface area contributed by atoms with Crippen molar-refractivity contribution >= 4 is 11.7 Å². The van der Waals surface area contributed by atoms with Crippen LogP contribution in [-0.2, 0) is 9.59 Å². The van der Waals surface area contributed by atoms with Crippen LogP contribution in [-0.4, -0.2) is 30.2 Å². The van der Waals surface area contributed by atoms with Crippen LogP contribution in [0, 0.1) is 24.2 Å². The topological polar surface area (TPSA) is 37.4 Å². The molecule has 1 saturated carbocycles. The second-order valence-corrected chi connectivity index (χ2v) is 3.86. The molecule has 0 bridgehead atoms. The Labute approximate surface area is 84.5 Å².